The lowest BCUT2D eigenvalue weighted by molar-refractivity contribution is -0.143. The molecule has 2 aromatic carbocycles. The van der Waals surface area contributed by atoms with Crippen molar-refractivity contribution in [1.29, 1.82) is 0 Å². The van der Waals surface area contributed by atoms with Crippen LogP contribution in [0.15, 0.2) is 18.2 Å². The highest BCUT2D eigenvalue weighted by molar-refractivity contribution is 7.20. The first-order valence-corrected chi connectivity index (χ1v) is 15.7. The number of fused-ring (bicyclic) bond motifs is 2. The molecule has 0 saturated carbocycles. The van der Waals surface area contributed by atoms with Gasteiger partial charge in [0.15, 0.2) is 34.6 Å². The lowest BCUT2D eigenvalue weighted by atomic mass is 10.1. The zero-order valence-electron chi connectivity index (χ0n) is 26.2. The molecule has 0 atom stereocenters. The fourth-order valence-electron chi connectivity index (χ4n) is 4.71. The summed E-state index contributed by atoms with van der Waals surface area (Å²) in [5.41, 5.74) is 0.971. The zero-order chi connectivity index (χ0) is 32.9. The van der Waals surface area contributed by atoms with Crippen molar-refractivity contribution in [2.45, 2.75) is 65.6 Å². The number of halogens is 2. The number of hydrogen-bond donors (Lipinski definition) is 0. The highest BCUT2D eigenvalue weighted by Gasteiger charge is 2.32. The Balaban J connectivity index is 1.39. The topological polar surface area (TPSA) is 110 Å². The van der Waals surface area contributed by atoms with Gasteiger partial charge in [-0.25, -0.2) is 9.18 Å². The first-order chi connectivity index (χ1) is 21.4. The lowest BCUT2D eigenvalue weighted by Crippen LogP contribution is -2.33. The van der Waals surface area contributed by atoms with Gasteiger partial charge < -0.3 is 28.4 Å². The number of Topliss-reactive ketones (excluding diaryl/α,β-unsaturated/α-hetero) is 1. The number of ether oxygens (including phenoxy) is 6. The Labute approximate surface area is 270 Å². The third kappa shape index (κ3) is 8.09. The summed E-state index contributed by atoms with van der Waals surface area (Å²) in [5, 5.41) is 0.571. The molecule has 0 saturated heterocycles. The van der Waals surface area contributed by atoms with E-state index in [0.717, 1.165) is 22.5 Å². The molecule has 1 aliphatic heterocycles. The minimum Gasteiger partial charge on any atom is -0.493 e. The zero-order valence-corrected chi connectivity index (χ0v) is 27.7. The van der Waals surface area contributed by atoms with Gasteiger partial charge in [-0.1, -0.05) is 11.6 Å². The SMILES string of the molecule is CCOC(=O)CCC(=O)c1cc2c(F)c(OCCCOc3c(OC)cc4c(c3Cl)CN(C(=O)OC(C)(C)C)C4)c(OC)cc2s1. The van der Waals surface area contributed by atoms with Crippen molar-refractivity contribution in [3.05, 3.63) is 45.0 Å². The largest absolute Gasteiger partial charge is 0.493 e. The maximum atomic E-state index is 15.6. The van der Waals surface area contributed by atoms with Crippen LogP contribution in [-0.2, 0) is 27.4 Å². The quantitative estimate of drug-likeness (QED) is 0.105. The van der Waals surface area contributed by atoms with E-state index in [1.807, 2.05) is 0 Å². The van der Waals surface area contributed by atoms with Crippen LogP contribution in [0.2, 0.25) is 5.02 Å². The first kappa shape index (κ1) is 34.1. The summed E-state index contributed by atoms with van der Waals surface area (Å²) in [7, 11) is 2.91. The Morgan fingerprint density at radius 2 is 1.64 bits per heavy atom. The van der Waals surface area contributed by atoms with E-state index in [4.69, 9.17) is 40.0 Å². The summed E-state index contributed by atoms with van der Waals surface area (Å²) in [6, 6.07) is 4.88. The van der Waals surface area contributed by atoms with E-state index in [2.05, 4.69) is 0 Å². The van der Waals surface area contributed by atoms with Gasteiger partial charge in [0.2, 0.25) is 0 Å². The van der Waals surface area contributed by atoms with E-state index in [9.17, 15) is 14.4 Å². The Kier molecular flexibility index (Phi) is 11.0. The van der Waals surface area contributed by atoms with Gasteiger partial charge >= 0.3 is 12.1 Å². The van der Waals surface area contributed by atoms with Gasteiger partial charge in [-0.2, -0.15) is 0 Å². The maximum absolute atomic E-state index is 15.6. The van der Waals surface area contributed by atoms with Crippen molar-refractivity contribution in [3.63, 3.8) is 0 Å². The molecule has 2 heterocycles. The molecule has 4 rings (SSSR count). The molecule has 1 aromatic heterocycles. The predicted molar refractivity (Wildman–Crippen MR) is 168 cm³/mol. The smallest absolute Gasteiger partial charge is 0.410 e. The Morgan fingerprint density at radius 1 is 0.978 bits per heavy atom. The summed E-state index contributed by atoms with van der Waals surface area (Å²) >= 11 is 7.83. The van der Waals surface area contributed by atoms with Crippen LogP contribution in [0.5, 0.6) is 23.0 Å². The third-order valence-electron chi connectivity index (χ3n) is 6.78. The van der Waals surface area contributed by atoms with E-state index in [-0.39, 0.29) is 61.9 Å². The number of ketones is 1. The van der Waals surface area contributed by atoms with Crippen LogP contribution >= 0.6 is 22.9 Å². The van der Waals surface area contributed by atoms with Gasteiger partial charge in [0.1, 0.15) is 5.60 Å². The number of amides is 1. The molecule has 0 radical (unpaired) electrons. The fourth-order valence-corrected chi connectivity index (χ4v) is 6.09. The Hall–Kier alpha value is -3.77. The molecule has 0 fully saturated rings. The molecule has 244 valence electrons. The first-order valence-electron chi connectivity index (χ1n) is 14.5. The summed E-state index contributed by atoms with van der Waals surface area (Å²) in [6.45, 7) is 8.22. The van der Waals surface area contributed by atoms with Crippen LogP contribution in [0.1, 0.15) is 67.8 Å². The second-order valence-electron chi connectivity index (χ2n) is 11.2. The van der Waals surface area contributed by atoms with Crippen LogP contribution in [-0.4, -0.2) is 62.4 Å². The van der Waals surface area contributed by atoms with Gasteiger partial charge in [-0.05, 0) is 51.0 Å². The normalized spacial score (nSPS) is 12.6. The van der Waals surface area contributed by atoms with E-state index < -0.39 is 23.5 Å². The van der Waals surface area contributed by atoms with Crippen LogP contribution in [0.25, 0.3) is 10.1 Å². The number of hydrogen-bond acceptors (Lipinski definition) is 10. The number of rotatable bonds is 13. The fraction of sp³-hybridized carbons (Fsp3) is 0.469. The lowest BCUT2D eigenvalue weighted by Gasteiger charge is -2.24. The summed E-state index contributed by atoms with van der Waals surface area (Å²) in [4.78, 5) is 38.7. The molecular formula is C32H37ClFNO9S. The van der Waals surface area contributed by atoms with E-state index in [0.29, 0.717) is 39.1 Å². The monoisotopic (exact) mass is 665 g/mol. The van der Waals surface area contributed by atoms with Crippen molar-refractivity contribution < 1.29 is 47.2 Å². The molecule has 1 amide bonds. The van der Waals surface area contributed by atoms with Gasteiger partial charge in [0, 0.05) is 35.5 Å². The van der Waals surface area contributed by atoms with Crippen molar-refractivity contribution >= 4 is 50.9 Å². The Morgan fingerprint density at radius 3 is 2.29 bits per heavy atom. The highest BCUT2D eigenvalue weighted by Crippen LogP contribution is 2.44. The van der Waals surface area contributed by atoms with Crippen LogP contribution < -0.4 is 18.9 Å². The number of thiophene rings is 1. The van der Waals surface area contributed by atoms with Crippen molar-refractivity contribution in [3.8, 4) is 23.0 Å². The van der Waals surface area contributed by atoms with E-state index >= 15 is 4.39 Å². The standard InChI is InChI=1S/C32H37ClFNO9S/c1-7-41-26(37)10-9-21(36)25-14-19-24(45-25)15-23(40-6)30(28(19)34)43-12-8-11-42-29-22(39-5)13-18-16-35(17-20(18)27(29)33)31(38)44-32(2,3)4/h13-15H,7-12,16-17H2,1-6H3. The number of esters is 1. The average Bonchev–Trinajstić information content (AvgIpc) is 3.62. The molecule has 0 aliphatic carbocycles. The molecule has 0 N–H and O–H groups in total. The molecular weight excluding hydrogens is 629 g/mol. The molecule has 13 heteroatoms. The number of methoxy groups -OCH3 is 2. The van der Waals surface area contributed by atoms with Crippen molar-refractivity contribution in [2.75, 3.05) is 34.0 Å². The summed E-state index contributed by atoms with van der Waals surface area (Å²) in [6.07, 6.45) is -0.151. The average molecular weight is 666 g/mol. The minimum atomic E-state index is -0.649. The number of nitrogens with zero attached hydrogens (tertiary/aromatic N) is 1. The van der Waals surface area contributed by atoms with Crippen molar-refractivity contribution in [2.24, 2.45) is 0 Å². The van der Waals surface area contributed by atoms with Gasteiger partial charge in [0.25, 0.3) is 0 Å². The van der Waals surface area contributed by atoms with Gasteiger partial charge in [0.05, 0.1) is 56.9 Å². The molecule has 0 bridgehead atoms. The number of carbonyl (C=O) groups is 3. The molecule has 45 heavy (non-hydrogen) atoms. The highest BCUT2D eigenvalue weighted by atomic mass is 35.5. The molecule has 0 spiro atoms. The Bertz CT molecular complexity index is 1580. The maximum Gasteiger partial charge on any atom is 0.410 e. The van der Waals surface area contributed by atoms with Gasteiger partial charge in [-0.15, -0.1) is 11.3 Å². The second-order valence-corrected chi connectivity index (χ2v) is 12.7. The number of carbonyl (C=O) groups excluding carboxylic acids is 3. The molecule has 1 aliphatic rings. The predicted octanol–water partition coefficient (Wildman–Crippen LogP) is 7.34. The van der Waals surface area contributed by atoms with Crippen molar-refractivity contribution in [1.82, 2.24) is 4.90 Å². The van der Waals surface area contributed by atoms with Gasteiger partial charge in [-0.3, -0.25) is 14.5 Å². The third-order valence-corrected chi connectivity index (χ3v) is 8.31. The second kappa shape index (κ2) is 14.6. The van der Waals surface area contributed by atoms with E-state index in [1.165, 1.54) is 20.3 Å². The number of benzene rings is 2. The summed E-state index contributed by atoms with van der Waals surface area (Å²) < 4.78 is 49.1. The molecule has 0 unspecified atom stereocenters. The van der Waals surface area contributed by atoms with Crippen LogP contribution in [0.4, 0.5) is 9.18 Å². The minimum absolute atomic E-state index is 0.0330. The van der Waals surface area contributed by atoms with Crippen LogP contribution in [0.3, 0.4) is 0 Å². The molecule has 3 aromatic rings. The summed E-state index contributed by atoms with van der Waals surface area (Å²) in [5.74, 6) is -0.512. The van der Waals surface area contributed by atoms with E-state index in [1.54, 1.807) is 44.7 Å². The van der Waals surface area contributed by atoms with Crippen LogP contribution in [0, 0.1) is 5.82 Å². The molecule has 10 nitrogen and oxygen atoms in total.